The van der Waals surface area contributed by atoms with Gasteiger partial charge in [0, 0.05) is 10.9 Å². The van der Waals surface area contributed by atoms with Crippen LogP contribution in [-0.2, 0) is 0 Å². The molecule has 1 aromatic rings. The smallest absolute Gasteiger partial charge is 0.253 e. The first kappa shape index (κ1) is 15.4. The van der Waals surface area contributed by atoms with E-state index in [0.29, 0.717) is 10.6 Å². The molecule has 1 rings (SSSR count). The molecule has 1 aromatic carbocycles. The highest BCUT2D eigenvalue weighted by Gasteiger charge is 2.23. The van der Waals surface area contributed by atoms with E-state index in [0.717, 1.165) is 4.90 Å². The summed E-state index contributed by atoms with van der Waals surface area (Å²) < 4.78 is 0. The molecule has 1 atom stereocenters. The van der Waals surface area contributed by atoms with Crippen LogP contribution in [0.3, 0.4) is 0 Å². The molecule has 0 aliphatic heterocycles. The zero-order chi connectivity index (χ0) is 13.9. The first-order valence-electron chi connectivity index (χ1n) is 5.90. The predicted octanol–water partition coefficient (Wildman–Crippen LogP) is 4.23. The zero-order valence-corrected chi connectivity index (χ0v) is 13.1. The van der Waals surface area contributed by atoms with E-state index in [4.69, 9.17) is 11.6 Å². The van der Waals surface area contributed by atoms with Gasteiger partial charge >= 0.3 is 0 Å². The Morgan fingerprint density at radius 3 is 2.50 bits per heavy atom. The van der Waals surface area contributed by atoms with Crippen LogP contribution in [-0.4, -0.2) is 18.2 Å². The minimum Gasteiger partial charge on any atom is -0.349 e. The summed E-state index contributed by atoms with van der Waals surface area (Å²) in [6.07, 6.45) is 1.97. The molecular weight excluding hydrogens is 266 g/mol. The number of carbonyl (C=O) groups is 1. The van der Waals surface area contributed by atoms with Crippen LogP contribution in [0.1, 0.15) is 38.1 Å². The van der Waals surface area contributed by atoms with Gasteiger partial charge in [0.25, 0.3) is 5.91 Å². The van der Waals surface area contributed by atoms with Crippen LogP contribution in [0.15, 0.2) is 23.1 Å². The van der Waals surface area contributed by atoms with Crippen molar-refractivity contribution in [3.05, 3.63) is 28.8 Å². The van der Waals surface area contributed by atoms with Gasteiger partial charge in [-0.1, -0.05) is 32.4 Å². The lowest BCUT2D eigenvalue weighted by Crippen LogP contribution is -2.41. The minimum atomic E-state index is -0.113. The number of carbonyl (C=O) groups excluding carboxylic acids is 1. The lowest BCUT2D eigenvalue weighted by atomic mass is 9.88. The van der Waals surface area contributed by atoms with Crippen molar-refractivity contribution in [2.45, 2.75) is 38.6 Å². The Hall–Kier alpha value is -0.670. The second-order valence-electron chi connectivity index (χ2n) is 5.41. The maximum atomic E-state index is 12.2. The maximum absolute atomic E-state index is 12.2. The summed E-state index contributed by atoms with van der Waals surface area (Å²) in [6.45, 7) is 8.29. The Kier molecular flexibility index (Phi) is 5.11. The van der Waals surface area contributed by atoms with Crippen molar-refractivity contribution in [1.29, 1.82) is 0 Å². The predicted molar refractivity (Wildman–Crippen MR) is 79.6 cm³/mol. The van der Waals surface area contributed by atoms with Gasteiger partial charge in [0.2, 0.25) is 0 Å². The van der Waals surface area contributed by atoms with Crippen LogP contribution in [0.2, 0.25) is 5.02 Å². The van der Waals surface area contributed by atoms with Crippen molar-refractivity contribution in [3.8, 4) is 0 Å². The zero-order valence-electron chi connectivity index (χ0n) is 11.5. The Balaban J connectivity index is 2.91. The number of nitrogens with one attached hydrogen (secondary N) is 1. The van der Waals surface area contributed by atoms with Crippen molar-refractivity contribution in [2.24, 2.45) is 5.41 Å². The van der Waals surface area contributed by atoms with Crippen LogP contribution in [0.5, 0.6) is 0 Å². The van der Waals surface area contributed by atoms with Crippen LogP contribution < -0.4 is 5.32 Å². The fraction of sp³-hybridized carbons (Fsp3) is 0.500. The molecule has 1 amide bonds. The second kappa shape index (κ2) is 5.98. The molecule has 0 aromatic heterocycles. The van der Waals surface area contributed by atoms with Crippen molar-refractivity contribution in [2.75, 3.05) is 6.26 Å². The normalized spacial score (nSPS) is 13.2. The third kappa shape index (κ3) is 3.92. The van der Waals surface area contributed by atoms with Gasteiger partial charge in [-0.15, -0.1) is 11.8 Å². The largest absolute Gasteiger partial charge is 0.349 e. The monoisotopic (exact) mass is 285 g/mol. The highest BCUT2D eigenvalue weighted by atomic mass is 35.5. The highest BCUT2D eigenvalue weighted by molar-refractivity contribution is 7.98. The van der Waals surface area contributed by atoms with Gasteiger partial charge in [-0.2, -0.15) is 0 Å². The molecule has 100 valence electrons. The number of rotatable bonds is 3. The van der Waals surface area contributed by atoms with E-state index in [1.165, 1.54) is 0 Å². The Labute approximate surface area is 118 Å². The maximum Gasteiger partial charge on any atom is 0.253 e. The van der Waals surface area contributed by atoms with Crippen LogP contribution in [0.4, 0.5) is 0 Å². The van der Waals surface area contributed by atoms with Crippen molar-refractivity contribution < 1.29 is 4.79 Å². The van der Waals surface area contributed by atoms with Crippen molar-refractivity contribution in [3.63, 3.8) is 0 Å². The quantitative estimate of drug-likeness (QED) is 0.842. The Bertz CT molecular complexity index is 440. The van der Waals surface area contributed by atoms with Gasteiger partial charge in [0.05, 0.1) is 10.6 Å². The van der Waals surface area contributed by atoms with Gasteiger partial charge in [0.1, 0.15) is 0 Å². The number of hydrogen-bond donors (Lipinski definition) is 1. The number of halogens is 1. The standard InChI is InChI=1S/C14H20ClNOS/c1-9(14(2,3)4)16-13(17)11-8-10(18-5)6-7-12(11)15/h6-9H,1-5H3,(H,16,17). The van der Waals surface area contributed by atoms with E-state index in [-0.39, 0.29) is 17.4 Å². The number of benzene rings is 1. The molecule has 1 N–H and O–H groups in total. The van der Waals surface area contributed by atoms with E-state index in [1.54, 1.807) is 17.8 Å². The fourth-order valence-electron chi connectivity index (χ4n) is 1.30. The summed E-state index contributed by atoms with van der Waals surface area (Å²) in [7, 11) is 0. The lowest BCUT2D eigenvalue weighted by Gasteiger charge is -2.28. The molecule has 0 aliphatic rings. The minimum absolute atomic E-state index is 0.0270. The number of hydrogen-bond acceptors (Lipinski definition) is 2. The summed E-state index contributed by atoms with van der Waals surface area (Å²) in [5.74, 6) is -0.113. The molecule has 18 heavy (non-hydrogen) atoms. The average Bonchev–Trinajstić information content (AvgIpc) is 2.28. The molecule has 0 saturated heterocycles. The van der Waals surface area contributed by atoms with E-state index < -0.39 is 0 Å². The molecule has 0 saturated carbocycles. The molecule has 0 bridgehead atoms. The molecule has 4 heteroatoms. The lowest BCUT2D eigenvalue weighted by molar-refractivity contribution is 0.0910. The summed E-state index contributed by atoms with van der Waals surface area (Å²) in [5.41, 5.74) is 0.568. The van der Waals surface area contributed by atoms with E-state index in [9.17, 15) is 4.79 Å². The average molecular weight is 286 g/mol. The van der Waals surface area contributed by atoms with Crippen LogP contribution >= 0.6 is 23.4 Å². The topological polar surface area (TPSA) is 29.1 Å². The first-order chi connectivity index (χ1) is 8.25. The third-order valence-electron chi connectivity index (χ3n) is 3.06. The molecule has 1 unspecified atom stereocenters. The highest BCUT2D eigenvalue weighted by Crippen LogP contribution is 2.24. The third-order valence-corrected chi connectivity index (χ3v) is 4.12. The molecule has 0 aliphatic carbocycles. The SMILES string of the molecule is CSc1ccc(Cl)c(C(=O)NC(C)C(C)(C)C)c1. The van der Waals surface area contributed by atoms with Crippen LogP contribution in [0.25, 0.3) is 0 Å². The first-order valence-corrected chi connectivity index (χ1v) is 7.50. The van der Waals surface area contributed by atoms with E-state index in [1.807, 2.05) is 25.3 Å². The van der Waals surface area contributed by atoms with Crippen LogP contribution in [0, 0.1) is 5.41 Å². The van der Waals surface area contributed by atoms with Gasteiger partial charge in [-0.3, -0.25) is 4.79 Å². The summed E-state index contributed by atoms with van der Waals surface area (Å²) in [5, 5.41) is 3.49. The van der Waals surface area contributed by atoms with Crippen molar-refractivity contribution >= 4 is 29.3 Å². The van der Waals surface area contributed by atoms with Crippen molar-refractivity contribution in [1.82, 2.24) is 5.32 Å². The molecule has 0 fully saturated rings. The Morgan fingerprint density at radius 2 is 2.00 bits per heavy atom. The van der Waals surface area contributed by atoms with Gasteiger partial charge < -0.3 is 5.32 Å². The summed E-state index contributed by atoms with van der Waals surface area (Å²) in [6, 6.07) is 5.60. The molecular formula is C14H20ClNOS. The molecule has 0 radical (unpaired) electrons. The summed E-state index contributed by atoms with van der Waals surface area (Å²) >= 11 is 7.67. The summed E-state index contributed by atoms with van der Waals surface area (Å²) in [4.78, 5) is 13.2. The molecule has 2 nitrogen and oxygen atoms in total. The second-order valence-corrected chi connectivity index (χ2v) is 6.69. The Morgan fingerprint density at radius 1 is 1.39 bits per heavy atom. The van der Waals surface area contributed by atoms with Gasteiger partial charge in [-0.25, -0.2) is 0 Å². The molecule has 0 spiro atoms. The number of thioether (sulfide) groups is 1. The number of amides is 1. The van der Waals surface area contributed by atoms with E-state index >= 15 is 0 Å². The molecule has 0 heterocycles. The van der Waals surface area contributed by atoms with Gasteiger partial charge in [0.15, 0.2) is 0 Å². The van der Waals surface area contributed by atoms with E-state index in [2.05, 4.69) is 26.1 Å². The van der Waals surface area contributed by atoms with Gasteiger partial charge in [-0.05, 0) is 36.8 Å². The fourth-order valence-corrected chi connectivity index (χ4v) is 1.94.